The maximum atomic E-state index is 12.1. The van der Waals surface area contributed by atoms with Crippen LogP contribution in [0.4, 0.5) is 0 Å². The van der Waals surface area contributed by atoms with Gasteiger partial charge in [0.05, 0.1) is 19.6 Å². The Hall–Kier alpha value is -2.28. The lowest BCUT2D eigenvalue weighted by Gasteiger charge is -2.21. The Bertz CT molecular complexity index is 544. The Labute approximate surface area is 120 Å². The predicted octanol–water partition coefficient (Wildman–Crippen LogP) is 2.86. The van der Waals surface area contributed by atoms with Crippen LogP contribution in [-0.4, -0.2) is 31.0 Å². The van der Waals surface area contributed by atoms with Crippen LogP contribution in [0.25, 0.3) is 5.57 Å². The number of carbonyl (C=O) groups excluding carboxylic acids is 1. The van der Waals surface area contributed by atoms with Gasteiger partial charge in [-0.25, -0.2) is 0 Å². The summed E-state index contributed by atoms with van der Waals surface area (Å²) in [7, 11) is 3.31. The van der Waals surface area contributed by atoms with Crippen molar-refractivity contribution < 1.29 is 9.53 Å². The second kappa shape index (κ2) is 7.34. The van der Waals surface area contributed by atoms with Gasteiger partial charge >= 0.3 is 0 Å². The van der Waals surface area contributed by atoms with E-state index >= 15 is 0 Å². The molecule has 20 heavy (non-hydrogen) atoms. The molecule has 0 saturated heterocycles. The highest BCUT2D eigenvalue weighted by Gasteiger charge is 2.14. The second-order valence-electron chi connectivity index (χ2n) is 4.69. The summed E-state index contributed by atoms with van der Waals surface area (Å²) in [5.41, 5.74) is 1.73. The third kappa shape index (κ3) is 3.86. The number of allylic oxidation sites excluding steroid dienone is 1. The Morgan fingerprint density at radius 2 is 2.15 bits per heavy atom. The smallest absolute Gasteiger partial charge is 0.246 e. The molecule has 0 bridgehead atoms. The van der Waals surface area contributed by atoms with Gasteiger partial charge in [-0.15, -0.1) is 0 Å². The molecule has 1 unspecified atom stereocenters. The predicted molar refractivity (Wildman–Crippen MR) is 79.1 cm³/mol. The van der Waals surface area contributed by atoms with Crippen LogP contribution < -0.4 is 4.74 Å². The minimum Gasteiger partial charge on any atom is -0.496 e. The van der Waals surface area contributed by atoms with E-state index in [0.717, 1.165) is 16.9 Å². The highest BCUT2D eigenvalue weighted by molar-refractivity contribution is 5.95. The summed E-state index contributed by atoms with van der Waals surface area (Å²) < 4.78 is 5.29. The van der Waals surface area contributed by atoms with Crippen molar-refractivity contribution in [2.45, 2.75) is 26.3 Å². The minimum absolute atomic E-state index is 0.103. The summed E-state index contributed by atoms with van der Waals surface area (Å²) in [5, 5.41) is 8.68. The Morgan fingerprint density at radius 3 is 2.75 bits per heavy atom. The average Bonchev–Trinajstić information content (AvgIpc) is 2.46. The second-order valence-corrected chi connectivity index (χ2v) is 4.69. The van der Waals surface area contributed by atoms with Crippen LogP contribution in [0.2, 0.25) is 0 Å². The Kier molecular flexibility index (Phi) is 5.79. The Balaban J connectivity index is 2.93. The van der Waals surface area contributed by atoms with E-state index in [1.807, 2.05) is 38.1 Å². The van der Waals surface area contributed by atoms with Crippen molar-refractivity contribution in [3.63, 3.8) is 0 Å². The molecule has 106 valence electrons. The number of hydrogen-bond acceptors (Lipinski definition) is 3. The monoisotopic (exact) mass is 272 g/mol. The third-order valence-electron chi connectivity index (χ3n) is 3.27. The summed E-state index contributed by atoms with van der Waals surface area (Å²) in [6, 6.07) is 9.53. The molecule has 4 nitrogen and oxygen atoms in total. The first-order valence-electron chi connectivity index (χ1n) is 6.46. The van der Waals surface area contributed by atoms with Gasteiger partial charge in [0.1, 0.15) is 5.75 Å². The van der Waals surface area contributed by atoms with Crippen molar-refractivity contribution in [1.29, 1.82) is 5.26 Å². The van der Waals surface area contributed by atoms with Gasteiger partial charge in [-0.2, -0.15) is 5.26 Å². The summed E-state index contributed by atoms with van der Waals surface area (Å²) in [6.07, 6.45) is 1.90. The number of para-hydroxylation sites is 1. The van der Waals surface area contributed by atoms with Crippen LogP contribution in [0.15, 0.2) is 30.3 Å². The van der Waals surface area contributed by atoms with Crippen molar-refractivity contribution in [1.82, 2.24) is 4.90 Å². The molecule has 1 rings (SSSR count). The largest absolute Gasteiger partial charge is 0.496 e. The number of hydrogen-bond donors (Lipinski definition) is 0. The summed E-state index contributed by atoms with van der Waals surface area (Å²) in [6.45, 7) is 3.73. The maximum absolute atomic E-state index is 12.1. The molecule has 1 atom stereocenters. The number of carbonyl (C=O) groups is 1. The van der Waals surface area contributed by atoms with Crippen LogP contribution in [0.1, 0.15) is 25.8 Å². The number of likely N-dealkylation sites (N-methyl/N-ethyl adjacent to an activating group) is 1. The van der Waals surface area contributed by atoms with Crippen molar-refractivity contribution >= 4 is 11.5 Å². The molecule has 0 spiro atoms. The number of amides is 1. The molecule has 0 N–H and O–H groups in total. The minimum atomic E-state index is -0.115. The lowest BCUT2D eigenvalue weighted by molar-refractivity contribution is -0.126. The van der Waals surface area contributed by atoms with E-state index in [0.29, 0.717) is 6.42 Å². The Morgan fingerprint density at radius 1 is 1.50 bits per heavy atom. The fraction of sp³-hybridized carbons (Fsp3) is 0.375. The molecule has 0 radical (unpaired) electrons. The van der Waals surface area contributed by atoms with Crippen LogP contribution in [0, 0.1) is 11.3 Å². The number of nitrogens with zero attached hydrogens (tertiary/aromatic N) is 2. The molecule has 0 aliphatic heterocycles. The van der Waals surface area contributed by atoms with Gasteiger partial charge in [0, 0.05) is 24.7 Å². The first kappa shape index (κ1) is 15.8. The maximum Gasteiger partial charge on any atom is 0.246 e. The van der Waals surface area contributed by atoms with Gasteiger partial charge in [-0.3, -0.25) is 4.79 Å². The molecular weight excluding hydrogens is 252 g/mol. The number of nitriles is 1. The van der Waals surface area contributed by atoms with Crippen molar-refractivity contribution in [3.05, 3.63) is 35.9 Å². The normalized spacial score (nSPS) is 12.4. The van der Waals surface area contributed by atoms with Gasteiger partial charge < -0.3 is 9.64 Å². The van der Waals surface area contributed by atoms with E-state index in [1.54, 1.807) is 25.1 Å². The van der Waals surface area contributed by atoms with Gasteiger partial charge in [0.15, 0.2) is 0 Å². The van der Waals surface area contributed by atoms with E-state index in [2.05, 4.69) is 6.07 Å². The SMILES string of the molecule is COc1ccccc1/C(C)=C/C(=O)N(C)C(C)CC#N. The molecule has 4 heteroatoms. The highest BCUT2D eigenvalue weighted by atomic mass is 16.5. The van der Waals surface area contributed by atoms with Gasteiger partial charge in [-0.05, 0) is 25.5 Å². The van der Waals surface area contributed by atoms with E-state index in [-0.39, 0.29) is 11.9 Å². The zero-order valence-electron chi connectivity index (χ0n) is 12.4. The molecule has 0 aliphatic carbocycles. The number of benzene rings is 1. The molecule has 0 heterocycles. The lowest BCUT2D eigenvalue weighted by Crippen LogP contribution is -2.33. The van der Waals surface area contributed by atoms with E-state index < -0.39 is 0 Å². The van der Waals surface area contributed by atoms with Gasteiger partial charge in [0.2, 0.25) is 5.91 Å². The fourth-order valence-corrected chi connectivity index (χ4v) is 1.82. The highest BCUT2D eigenvalue weighted by Crippen LogP contribution is 2.25. The quantitative estimate of drug-likeness (QED) is 0.774. The van der Waals surface area contributed by atoms with Crippen molar-refractivity contribution in [2.75, 3.05) is 14.2 Å². The van der Waals surface area contributed by atoms with Crippen LogP contribution in [0.3, 0.4) is 0 Å². The van der Waals surface area contributed by atoms with Crippen LogP contribution in [0.5, 0.6) is 5.75 Å². The lowest BCUT2D eigenvalue weighted by atomic mass is 10.1. The zero-order valence-corrected chi connectivity index (χ0v) is 12.4. The van der Waals surface area contributed by atoms with Crippen LogP contribution >= 0.6 is 0 Å². The molecule has 0 aromatic heterocycles. The summed E-state index contributed by atoms with van der Waals surface area (Å²) >= 11 is 0. The topological polar surface area (TPSA) is 53.3 Å². The number of rotatable bonds is 5. The summed E-state index contributed by atoms with van der Waals surface area (Å²) in [5.74, 6) is 0.623. The van der Waals surface area contributed by atoms with Crippen molar-refractivity contribution in [2.24, 2.45) is 0 Å². The first-order chi connectivity index (χ1) is 9.51. The zero-order chi connectivity index (χ0) is 15.1. The van der Waals surface area contributed by atoms with E-state index in [1.165, 1.54) is 0 Å². The molecule has 1 amide bonds. The molecule has 1 aromatic rings. The first-order valence-corrected chi connectivity index (χ1v) is 6.46. The van der Waals surface area contributed by atoms with Crippen LogP contribution in [-0.2, 0) is 4.79 Å². The van der Waals surface area contributed by atoms with Gasteiger partial charge in [0.25, 0.3) is 0 Å². The number of ether oxygens (including phenoxy) is 1. The average molecular weight is 272 g/mol. The number of methoxy groups -OCH3 is 1. The van der Waals surface area contributed by atoms with Crippen molar-refractivity contribution in [3.8, 4) is 11.8 Å². The van der Waals surface area contributed by atoms with Gasteiger partial charge in [-0.1, -0.05) is 18.2 Å². The third-order valence-corrected chi connectivity index (χ3v) is 3.27. The van der Waals surface area contributed by atoms with E-state index in [9.17, 15) is 4.79 Å². The molecule has 0 aliphatic rings. The molecule has 0 fully saturated rings. The molecule has 1 aromatic carbocycles. The molecular formula is C16H20N2O2. The fourth-order valence-electron chi connectivity index (χ4n) is 1.82. The standard InChI is InChI=1S/C16H20N2O2/c1-12(14-7-5-6-8-15(14)20-4)11-16(19)18(3)13(2)9-10-17/h5-8,11,13H,9H2,1-4H3/b12-11+. The molecule has 0 saturated carbocycles. The van der Waals surface area contributed by atoms with E-state index in [4.69, 9.17) is 10.00 Å². The summed E-state index contributed by atoms with van der Waals surface area (Å²) in [4.78, 5) is 13.7.